The molecule has 0 aromatic heterocycles. The smallest absolute Gasteiger partial charge is 0.229 e. The van der Waals surface area contributed by atoms with Crippen LogP contribution in [0.1, 0.15) is 52.7 Å². The standard InChI is InChI=1S/C16H27NO2S/c1-15(2,3)11-12-8-9-13(16(4,5)6)14(10-12)17-20(7,18)19/h8-10,17H,11H2,1-7H3. The van der Waals surface area contributed by atoms with E-state index in [2.05, 4.69) is 52.3 Å². The topological polar surface area (TPSA) is 46.2 Å². The number of hydrogen-bond acceptors (Lipinski definition) is 2. The number of nitrogens with one attached hydrogen (secondary N) is 1. The van der Waals surface area contributed by atoms with Crippen LogP contribution in [0.5, 0.6) is 0 Å². The van der Waals surface area contributed by atoms with E-state index in [0.29, 0.717) is 5.69 Å². The van der Waals surface area contributed by atoms with Crippen molar-refractivity contribution < 1.29 is 8.42 Å². The van der Waals surface area contributed by atoms with E-state index in [0.717, 1.165) is 17.5 Å². The molecule has 0 spiro atoms. The molecule has 0 aliphatic heterocycles. The Morgan fingerprint density at radius 1 is 1.05 bits per heavy atom. The Balaban J connectivity index is 3.29. The van der Waals surface area contributed by atoms with Gasteiger partial charge in [-0.1, -0.05) is 53.7 Å². The van der Waals surface area contributed by atoms with Gasteiger partial charge in [0.25, 0.3) is 0 Å². The molecule has 0 aliphatic rings. The highest BCUT2D eigenvalue weighted by Crippen LogP contribution is 2.32. The second kappa shape index (κ2) is 5.40. The normalized spacial score (nSPS) is 13.3. The first-order valence-corrected chi connectivity index (χ1v) is 8.78. The summed E-state index contributed by atoms with van der Waals surface area (Å²) in [7, 11) is -3.27. The maximum absolute atomic E-state index is 11.6. The number of benzene rings is 1. The van der Waals surface area contributed by atoms with Gasteiger partial charge < -0.3 is 0 Å². The Morgan fingerprint density at radius 2 is 1.60 bits per heavy atom. The summed E-state index contributed by atoms with van der Waals surface area (Å²) in [5.74, 6) is 0. The summed E-state index contributed by atoms with van der Waals surface area (Å²) in [6, 6.07) is 6.10. The zero-order valence-corrected chi connectivity index (χ0v) is 14.5. The van der Waals surface area contributed by atoms with E-state index in [9.17, 15) is 8.42 Å². The SMILES string of the molecule is CC(C)(C)Cc1ccc(C(C)(C)C)c(NS(C)(=O)=O)c1. The van der Waals surface area contributed by atoms with Crippen molar-refractivity contribution in [1.29, 1.82) is 0 Å². The maximum Gasteiger partial charge on any atom is 0.229 e. The summed E-state index contributed by atoms with van der Waals surface area (Å²) in [6.07, 6.45) is 2.10. The Labute approximate surface area is 123 Å². The lowest BCUT2D eigenvalue weighted by Gasteiger charge is -2.25. The Morgan fingerprint density at radius 3 is 2.00 bits per heavy atom. The molecule has 1 rings (SSSR count). The van der Waals surface area contributed by atoms with Crippen LogP contribution in [0.3, 0.4) is 0 Å². The minimum atomic E-state index is -3.27. The highest BCUT2D eigenvalue weighted by atomic mass is 32.2. The van der Waals surface area contributed by atoms with Crippen molar-refractivity contribution in [2.24, 2.45) is 5.41 Å². The van der Waals surface area contributed by atoms with E-state index in [-0.39, 0.29) is 10.8 Å². The lowest BCUT2D eigenvalue weighted by molar-refractivity contribution is 0.411. The molecule has 0 heterocycles. The van der Waals surface area contributed by atoms with Gasteiger partial charge in [-0.3, -0.25) is 4.72 Å². The van der Waals surface area contributed by atoms with Crippen molar-refractivity contribution in [2.45, 2.75) is 53.4 Å². The molecule has 0 bridgehead atoms. The van der Waals surface area contributed by atoms with Crippen LogP contribution in [0.2, 0.25) is 0 Å². The van der Waals surface area contributed by atoms with Crippen molar-refractivity contribution in [3.8, 4) is 0 Å². The molecule has 3 nitrogen and oxygen atoms in total. The number of sulfonamides is 1. The summed E-state index contributed by atoms with van der Waals surface area (Å²) in [6.45, 7) is 12.8. The van der Waals surface area contributed by atoms with Crippen LogP contribution in [0.15, 0.2) is 18.2 Å². The predicted molar refractivity (Wildman–Crippen MR) is 86.8 cm³/mol. The molecule has 1 aromatic rings. The fourth-order valence-corrected chi connectivity index (χ4v) is 2.82. The van der Waals surface area contributed by atoms with Crippen LogP contribution >= 0.6 is 0 Å². The molecule has 1 N–H and O–H groups in total. The van der Waals surface area contributed by atoms with Gasteiger partial charge in [0, 0.05) is 0 Å². The van der Waals surface area contributed by atoms with Gasteiger partial charge >= 0.3 is 0 Å². The fraction of sp³-hybridized carbons (Fsp3) is 0.625. The number of hydrogen-bond donors (Lipinski definition) is 1. The summed E-state index contributed by atoms with van der Waals surface area (Å²) in [5.41, 5.74) is 2.93. The molecular weight excluding hydrogens is 270 g/mol. The molecule has 0 unspecified atom stereocenters. The first-order chi connectivity index (χ1) is 8.78. The lowest BCUT2D eigenvalue weighted by Crippen LogP contribution is -2.19. The zero-order chi connectivity index (χ0) is 15.8. The van der Waals surface area contributed by atoms with E-state index in [1.54, 1.807) is 0 Å². The van der Waals surface area contributed by atoms with Gasteiger partial charge in [0.2, 0.25) is 10.0 Å². The van der Waals surface area contributed by atoms with E-state index in [1.165, 1.54) is 6.26 Å². The molecular formula is C16H27NO2S. The molecule has 0 saturated heterocycles. The highest BCUT2D eigenvalue weighted by molar-refractivity contribution is 7.92. The van der Waals surface area contributed by atoms with Crippen LogP contribution in [0.25, 0.3) is 0 Å². The van der Waals surface area contributed by atoms with Gasteiger partial charge in [-0.15, -0.1) is 0 Å². The molecule has 0 aliphatic carbocycles. The van der Waals surface area contributed by atoms with Crippen LogP contribution < -0.4 is 4.72 Å². The van der Waals surface area contributed by atoms with Crippen LogP contribution in [0, 0.1) is 5.41 Å². The van der Waals surface area contributed by atoms with Gasteiger partial charge in [0.05, 0.1) is 11.9 Å². The third kappa shape index (κ3) is 5.53. The minimum absolute atomic E-state index is 0.104. The van der Waals surface area contributed by atoms with Crippen molar-refractivity contribution in [3.05, 3.63) is 29.3 Å². The molecule has 0 fully saturated rings. The van der Waals surface area contributed by atoms with Gasteiger partial charge in [-0.05, 0) is 34.4 Å². The number of rotatable bonds is 3. The first kappa shape index (κ1) is 17.0. The third-order valence-electron chi connectivity index (χ3n) is 2.92. The summed E-state index contributed by atoms with van der Waals surface area (Å²) >= 11 is 0. The van der Waals surface area contributed by atoms with Crippen molar-refractivity contribution in [2.75, 3.05) is 11.0 Å². The largest absolute Gasteiger partial charge is 0.283 e. The summed E-state index contributed by atoms with van der Waals surface area (Å²) in [4.78, 5) is 0. The average Bonchev–Trinajstić information content (AvgIpc) is 2.09. The second-order valence-corrected chi connectivity index (χ2v) is 9.49. The molecule has 0 radical (unpaired) electrons. The van der Waals surface area contributed by atoms with Crippen molar-refractivity contribution in [3.63, 3.8) is 0 Å². The Bertz CT molecular complexity index is 575. The van der Waals surface area contributed by atoms with Crippen LogP contribution in [0.4, 0.5) is 5.69 Å². The lowest BCUT2D eigenvalue weighted by atomic mass is 9.83. The van der Waals surface area contributed by atoms with E-state index in [1.807, 2.05) is 12.1 Å². The van der Waals surface area contributed by atoms with E-state index < -0.39 is 10.0 Å². The predicted octanol–water partition coefficient (Wildman–Crippen LogP) is 3.94. The van der Waals surface area contributed by atoms with Crippen LogP contribution in [-0.2, 0) is 21.9 Å². The molecule has 20 heavy (non-hydrogen) atoms. The quantitative estimate of drug-likeness (QED) is 0.918. The Hall–Kier alpha value is -1.03. The Kier molecular flexibility index (Phi) is 4.59. The van der Waals surface area contributed by atoms with Gasteiger partial charge in [-0.25, -0.2) is 8.42 Å². The molecule has 0 atom stereocenters. The van der Waals surface area contributed by atoms with E-state index in [4.69, 9.17) is 0 Å². The van der Waals surface area contributed by atoms with Gasteiger partial charge in [0.1, 0.15) is 0 Å². The van der Waals surface area contributed by atoms with Gasteiger partial charge in [-0.2, -0.15) is 0 Å². The summed E-state index contributed by atoms with van der Waals surface area (Å²) in [5, 5.41) is 0. The maximum atomic E-state index is 11.6. The number of anilines is 1. The van der Waals surface area contributed by atoms with Gasteiger partial charge in [0.15, 0.2) is 0 Å². The van der Waals surface area contributed by atoms with Crippen LogP contribution in [-0.4, -0.2) is 14.7 Å². The average molecular weight is 297 g/mol. The fourth-order valence-electron chi connectivity index (χ4n) is 2.25. The molecule has 0 saturated carbocycles. The van der Waals surface area contributed by atoms with Crippen molar-refractivity contribution >= 4 is 15.7 Å². The second-order valence-electron chi connectivity index (χ2n) is 7.74. The molecule has 4 heteroatoms. The summed E-state index contributed by atoms with van der Waals surface area (Å²) < 4.78 is 25.8. The minimum Gasteiger partial charge on any atom is -0.283 e. The van der Waals surface area contributed by atoms with E-state index >= 15 is 0 Å². The molecule has 1 aromatic carbocycles. The monoisotopic (exact) mass is 297 g/mol. The molecule has 0 amide bonds. The first-order valence-electron chi connectivity index (χ1n) is 6.89. The van der Waals surface area contributed by atoms with Crippen molar-refractivity contribution in [1.82, 2.24) is 0 Å². The molecule has 114 valence electrons. The zero-order valence-electron chi connectivity index (χ0n) is 13.7. The third-order valence-corrected chi connectivity index (χ3v) is 3.51. The highest BCUT2D eigenvalue weighted by Gasteiger charge is 2.21.